The van der Waals surface area contributed by atoms with Crippen LogP contribution in [0.2, 0.25) is 0 Å². The number of carbonyl (C=O) groups excluding carboxylic acids is 1. The van der Waals surface area contributed by atoms with Crippen molar-refractivity contribution in [1.82, 2.24) is 9.80 Å². The van der Waals surface area contributed by atoms with Gasteiger partial charge in [-0.1, -0.05) is 18.2 Å². The van der Waals surface area contributed by atoms with Crippen LogP contribution in [0.5, 0.6) is 5.75 Å². The molecule has 0 bridgehead atoms. The van der Waals surface area contributed by atoms with Gasteiger partial charge < -0.3 is 15.4 Å². The summed E-state index contributed by atoms with van der Waals surface area (Å²) >= 11 is 0. The fraction of sp³-hybridized carbons (Fsp3) is 0.667. The molecule has 2 aliphatic rings. The van der Waals surface area contributed by atoms with Gasteiger partial charge in [-0.05, 0) is 58.3 Å². The molecule has 26 heavy (non-hydrogen) atoms. The topological polar surface area (TPSA) is 58.8 Å². The Balaban J connectivity index is 1.60. The minimum absolute atomic E-state index is 0.0666. The highest BCUT2D eigenvalue weighted by molar-refractivity contribution is 5.74. The molecule has 5 heteroatoms. The Morgan fingerprint density at radius 1 is 1.15 bits per heavy atom. The Morgan fingerprint density at radius 3 is 2.46 bits per heavy atom. The normalized spacial score (nSPS) is 26.1. The van der Waals surface area contributed by atoms with Gasteiger partial charge in [0, 0.05) is 37.5 Å². The molecule has 2 heterocycles. The summed E-state index contributed by atoms with van der Waals surface area (Å²) in [5.41, 5.74) is 5.53. The fourth-order valence-electron chi connectivity index (χ4n) is 4.42. The molecular weight excluding hydrogens is 326 g/mol. The van der Waals surface area contributed by atoms with Gasteiger partial charge in [0.05, 0.1) is 0 Å². The van der Waals surface area contributed by atoms with Gasteiger partial charge in [-0.15, -0.1) is 0 Å². The molecule has 2 fully saturated rings. The predicted molar refractivity (Wildman–Crippen MR) is 104 cm³/mol. The summed E-state index contributed by atoms with van der Waals surface area (Å²) in [6, 6.07) is 11.2. The maximum absolute atomic E-state index is 11.6. The average Bonchev–Trinajstić information content (AvgIpc) is 2.64. The number of piperidine rings is 2. The Hall–Kier alpha value is -1.59. The first-order valence-electron chi connectivity index (χ1n) is 10.0. The van der Waals surface area contributed by atoms with E-state index in [4.69, 9.17) is 10.5 Å². The van der Waals surface area contributed by atoms with Crippen LogP contribution in [0.15, 0.2) is 30.3 Å². The Bertz CT molecular complexity index is 570. The number of amides is 1. The number of likely N-dealkylation sites (tertiary alicyclic amines) is 2. The van der Waals surface area contributed by atoms with E-state index < -0.39 is 0 Å². The molecule has 0 unspecified atom stereocenters. The Labute approximate surface area is 157 Å². The minimum Gasteiger partial charge on any atom is -0.490 e. The minimum atomic E-state index is -0.229. The summed E-state index contributed by atoms with van der Waals surface area (Å²) in [5, 5.41) is 0. The zero-order chi connectivity index (χ0) is 18.5. The van der Waals surface area contributed by atoms with E-state index in [-0.39, 0.29) is 17.9 Å². The molecule has 0 saturated carbocycles. The van der Waals surface area contributed by atoms with E-state index in [0.717, 1.165) is 25.3 Å². The first-order valence-corrected chi connectivity index (χ1v) is 10.0. The van der Waals surface area contributed by atoms with Crippen molar-refractivity contribution in [2.45, 2.75) is 57.7 Å². The highest BCUT2D eigenvalue weighted by atomic mass is 16.5. The molecule has 1 aromatic rings. The molecule has 2 aliphatic heterocycles. The third kappa shape index (κ3) is 4.98. The SMILES string of the molecule is CC(C)N1CCC(N2CC[C@H](Oc3ccccc3)[C@@H](CC(N)=O)C2)CC1. The van der Waals surface area contributed by atoms with Crippen LogP contribution in [-0.2, 0) is 4.79 Å². The number of carbonyl (C=O) groups is 1. The van der Waals surface area contributed by atoms with Gasteiger partial charge in [0.25, 0.3) is 0 Å². The first kappa shape index (κ1) is 19.2. The smallest absolute Gasteiger partial charge is 0.217 e. The Kier molecular flexibility index (Phi) is 6.54. The molecule has 1 aromatic carbocycles. The van der Waals surface area contributed by atoms with Gasteiger partial charge >= 0.3 is 0 Å². The number of nitrogens with zero attached hydrogens (tertiary/aromatic N) is 2. The quantitative estimate of drug-likeness (QED) is 0.848. The van der Waals surface area contributed by atoms with Crippen molar-refractivity contribution in [2.75, 3.05) is 26.2 Å². The van der Waals surface area contributed by atoms with Crippen LogP contribution in [0.3, 0.4) is 0 Å². The maximum atomic E-state index is 11.6. The maximum Gasteiger partial charge on any atom is 0.217 e. The lowest BCUT2D eigenvalue weighted by Crippen LogP contribution is -2.53. The molecule has 0 spiro atoms. The molecule has 2 atom stereocenters. The largest absolute Gasteiger partial charge is 0.490 e. The molecule has 2 N–H and O–H groups in total. The lowest BCUT2D eigenvalue weighted by Gasteiger charge is -2.45. The number of primary amides is 1. The number of rotatable bonds is 6. The van der Waals surface area contributed by atoms with Crippen molar-refractivity contribution in [3.63, 3.8) is 0 Å². The van der Waals surface area contributed by atoms with Crippen LogP contribution in [0.1, 0.15) is 39.5 Å². The second kappa shape index (κ2) is 8.87. The average molecular weight is 360 g/mol. The van der Waals surface area contributed by atoms with Crippen molar-refractivity contribution in [2.24, 2.45) is 11.7 Å². The molecule has 3 rings (SSSR count). The van der Waals surface area contributed by atoms with Crippen molar-refractivity contribution in [1.29, 1.82) is 0 Å². The molecule has 2 saturated heterocycles. The van der Waals surface area contributed by atoms with E-state index >= 15 is 0 Å². The van der Waals surface area contributed by atoms with Gasteiger partial charge in [-0.2, -0.15) is 0 Å². The van der Waals surface area contributed by atoms with Crippen LogP contribution in [-0.4, -0.2) is 60.1 Å². The monoisotopic (exact) mass is 359 g/mol. The molecule has 0 aliphatic carbocycles. The molecule has 0 radical (unpaired) electrons. The van der Waals surface area contributed by atoms with Gasteiger partial charge in [0.15, 0.2) is 0 Å². The van der Waals surface area contributed by atoms with Crippen molar-refractivity contribution < 1.29 is 9.53 Å². The lowest BCUT2D eigenvalue weighted by molar-refractivity contribution is -0.120. The molecular formula is C21H33N3O2. The van der Waals surface area contributed by atoms with E-state index in [1.54, 1.807) is 0 Å². The highest BCUT2D eigenvalue weighted by Gasteiger charge is 2.35. The van der Waals surface area contributed by atoms with Crippen LogP contribution >= 0.6 is 0 Å². The number of nitrogens with two attached hydrogens (primary N) is 1. The lowest BCUT2D eigenvalue weighted by atomic mass is 9.88. The van der Waals surface area contributed by atoms with Crippen molar-refractivity contribution in [3.8, 4) is 5.75 Å². The van der Waals surface area contributed by atoms with Crippen LogP contribution in [0.4, 0.5) is 0 Å². The first-order chi connectivity index (χ1) is 12.5. The molecule has 0 aromatic heterocycles. The van der Waals surface area contributed by atoms with E-state index in [9.17, 15) is 4.79 Å². The number of hydrogen-bond donors (Lipinski definition) is 1. The summed E-state index contributed by atoms with van der Waals surface area (Å²) in [6.45, 7) is 8.84. The van der Waals surface area contributed by atoms with Crippen LogP contribution < -0.4 is 10.5 Å². The van der Waals surface area contributed by atoms with E-state index in [2.05, 4.69) is 23.6 Å². The van der Waals surface area contributed by atoms with Gasteiger partial charge in [-0.3, -0.25) is 9.69 Å². The van der Waals surface area contributed by atoms with Gasteiger partial charge in [0.2, 0.25) is 5.91 Å². The van der Waals surface area contributed by atoms with E-state index in [1.165, 1.54) is 25.9 Å². The third-order valence-electron chi connectivity index (χ3n) is 5.94. The summed E-state index contributed by atoms with van der Waals surface area (Å²) in [4.78, 5) is 16.7. The fourth-order valence-corrected chi connectivity index (χ4v) is 4.42. The second-order valence-electron chi connectivity index (χ2n) is 8.04. The van der Waals surface area contributed by atoms with Crippen molar-refractivity contribution in [3.05, 3.63) is 30.3 Å². The number of benzene rings is 1. The third-order valence-corrected chi connectivity index (χ3v) is 5.94. The molecule has 144 valence electrons. The van der Waals surface area contributed by atoms with Gasteiger partial charge in [0.1, 0.15) is 11.9 Å². The van der Waals surface area contributed by atoms with Crippen molar-refractivity contribution >= 4 is 5.91 Å². The summed E-state index contributed by atoms with van der Waals surface area (Å²) in [7, 11) is 0. The predicted octanol–water partition coefficient (Wildman–Crippen LogP) is 2.50. The molecule has 5 nitrogen and oxygen atoms in total. The standard InChI is InChI=1S/C21H33N3O2/c1-16(2)23-11-8-18(9-12-23)24-13-10-20(17(15-24)14-21(22)25)26-19-6-4-3-5-7-19/h3-7,16-18,20H,8-15H2,1-2H3,(H2,22,25)/t17-,20-/m0/s1. The van der Waals surface area contributed by atoms with Gasteiger partial charge in [-0.25, -0.2) is 0 Å². The number of para-hydroxylation sites is 1. The van der Waals surface area contributed by atoms with Crippen LogP contribution in [0, 0.1) is 5.92 Å². The number of hydrogen-bond acceptors (Lipinski definition) is 4. The zero-order valence-corrected chi connectivity index (χ0v) is 16.1. The summed E-state index contributed by atoms with van der Waals surface area (Å²) < 4.78 is 6.21. The van der Waals surface area contributed by atoms with E-state index in [1.807, 2.05) is 30.3 Å². The zero-order valence-electron chi connectivity index (χ0n) is 16.1. The molecule has 1 amide bonds. The summed E-state index contributed by atoms with van der Waals surface area (Å²) in [5.74, 6) is 0.823. The highest BCUT2D eigenvalue weighted by Crippen LogP contribution is 2.29. The van der Waals surface area contributed by atoms with Crippen LogP contribution in [0.25, 0.3) is 0 Å². The van der Waals surface area contributed by atoms with E-state index in [0.29, 0.717) is 18.5 Å². The Morgan fingerprint density at radius 2 is 1.85 bits per heavy atom. The second-order valence-corrected chi connectivity index (χ2v) is 8.04. The number of ether oxygens (including phenoxy) is 1. The summed E-state index contributed by atoms with van der Waals surface area (Å²) in [6.07, 6.45) is 3.85.